The minimum atomic E-state index is -3.05. The van der Waals surface area contributed by atoms with Crippen LogP contribution in [0.4, 0.5) is 5.69 Å². The molecule has 0 unspecified atom stereocenters. The molecule has 0 spiro atoms. The van der Waals surface area contributed by atoms with Crippen molar-refractivity contribution in [2.24, 2.45) is 5.92 Å². The van der Waals surface area contributed by atoms with E-state index in [0.717, 1.165) is 11.3 Å². The molecule has 1 aromatic rings. The number of rotatable bonds is 5. The maximum atomic E-state index is 12.8. The van der Waals surface area contributed by atoms with E-state index in [9.17, 15) is 18.0 Å². The van der Waals surface area contributed by atoms with Crippen LogP contribution in [0, 0.1) is 5.92 Å². The molecular weight excluding hydrogens is 366 g/mol. The number of amides is 2. The van der Waals surface area contributed by atoms with E-state index >= 15 is 0 Å². The number of carbonyl (C=O) groups excluding carboxylic acids is 2. The van der Waals surface area contributed by atoms with Crippen molar-refractivity contribution in [3.8, 4) is 0 Å². The molecule has 2 aliphatic heterocycles. The zero-order chi connectivity index (χ0) is 19.8. The summed E-state index contributed by atoms with van der Waals surface area (Å²) in [6.07, 6.45) is 0.641. The van der Waals surface area contributed by atoms with E-state index in [1.807, 2.05) is 43.3 Å². The third kappa shape index (κ3) is 4.43. The van der Waals surface area contributed by atoms with Crippen LogP contribution in [0.15, 0.2) is 24.3 Å². The Hall–Kier alpha value is -2.09. The molecule has 0 radical (unpaired) electrons. The lowest BCUT2D eigenvalue weighted by Gasteiger charge is -2.24. The third-order valence-corrected chi connectivity index (χ3v) is 7.16. The molecule has 148 valence electrons. The highest BCUT2D eigenvalue weighted by Gasteiger charge is 2.42. The highest BCUT2D eigenvalue weighted by Crippen LogP contribution is 2.27. The molecule has 2 heterocycles. The smallest absolute Gasteiger partial charge is 0.228 e. The van der Waals surface area contributed by atoms with E-state index < -0.39 is 15.8 Å². The number of benzene rings is 1. The summed E-state index contributed by atoms with van der Waals surface area (Å²) in [6, 6.07) is 7.73. The van der Waals surface area contributed by atoms with Gasteiger partial charge >= 0.3 is 0 Å². The van der Waals surface area contributed by atoms with E-state index in [0.29, 0.717) is 19.5 Å². The fourth-order valence-electron chi connectivity index (χ4n) is 3.83. The van der Waals surface area contributed by atoms with E-state index in [2.05, 4.69) is 0 Å². The standard InChI is InChI=1S/C19H27N3O4S/c1-20(2)16-6-4-14(5-7-16)11-21(3)19(24)15-10-18(23)22(12-15)17-8-9-27(25,26)13-17/h4-7,15,17H,8-13H2,1-3H3/t15-,17+/m0/s1. The van der Waals surface area contributed by atoms with Crippen LogP contribution in [-0.4, -0.2) is 75.3 Å². The summed E-state index contributed by atoms with van der Waals surface area (Å²) in [5.41, 5.74) is 2.12. The second-order valence-electron chi connectivity index (χ2n) is 7.76. The first-order valence-corrected chi connectivity index (χ1v) is 11.0. The quantitative estimate of drug-likeness (QED) is 0.738. The number of likely N-dealkylation sites (tertiary alicyclic amines) is 1. The minimum absolute atomic E-state index is 0.0215. The number of sulfone groups is 1. The fraction of sp³-hybridized carbons (Fsp3) is 0.579. The van der Waals surface area contributed by atoms with Gasteiger partial charge in [0.2, 0.25) is 11.8 Å². The third-order valence-electron chi connectivity index (χ3n) is 5.41. The van der Waals surface area contributed by atoms with Gasteiger partial charge in [0.15, 0.2) is 9.84 Å². The topological polar surface area (TPSA) is 78.0 Å². The monoisotopic (exact) mass is 393 g/mol. The highest BCUT2D eigenvalue weighted by molar-refractivity contribution is 7.91. The summed E-state index contributed by atoms with van der Waals surface area (Å²) in [7, 11) is 2.64. The van der Waals surface area contributed by atoms with Gasteiger partial charge in [-0.25, -0.2) is 8.42 Å². The van der Waals surface area contributed by atoms with E-state index in [-0.39, 0.29) is 35.8 Å². The van der Waals surface area contributed by atoms with Crippen LogP contribution >= 0.6 is 0 Å². The first kappa shape index (κ1) is 19.7. The summed E-state index contributed by atoms with van der Waals surface area (Å²) in [6.45, 7) is 0.802. The molecule has 0 N–H and O–H groups in total. The molecular formula is C19H27N3O4S. The lowest BCUT2D eigenvalue weighted by atomic mass is 10.1. The van der Waals surface area contributed by atoms with Crippen molar-refractivity contribution in [2.75, 3.05) is 44.1 Å². The predicted molar refractivity (Wildman–Crippen MR) is 104 cm³/mol. The molecule has 0 aliphatic carbocycles. The number of hydrogen-bond acceptors (Lipinski definition) is 5. The van der Waals surface area contributed by atoms with Crippen molar-refractivity contribution < 1.29 is 18.0 Å². The van der Waals surface area contributed by atoms with Crippen LogP contribution in [-0.2, 0) is 26.0 Å². The Bertz CT molecular complexity index is 820. The Balaban J connectivity index is 1.59. The molecule has 0 saturated carbocycles. The molecule has 1 aromatic carbocycles. The van der Waals surface area contributed by atoms with Gasteiger partial charge in [-0.15, -0.1) is 0 Å². The van der Waals surface area contributed by atoms with E-state index in [1.54, 1.807) is 16.8 Å². The molecule has 0 aromatic heterocycles. The molecule has 7 nitrogen and oxygen atoms in total. The van der Waals surface area contributed by atoms with Crippen LogP contribution in [0.25, 0.3) is 0 Å². The highest BCUT2D eigenvalue weighted by atomic mass is 32.2. The van der Waals surface area contributed by atoms with Gasteiger partial charge in [0.1, 0.15) is 0 Å². The van der Waals surface area contributed by atoms with Gasteiger partial charge < -0.3 is 14.7 Å². The molecule has 2 saturated heterocycles. The van der Waals surface area contributed by atoms with Crippen LogP contribution in [0.2, 0.25) is 0 Å². The van der Waals surface area contributed by atoms with Crippen LogP contribution in [0.1, 0.15) is 18.4 Å². The van der Waals surface area contributed by atoms with Crippen molar-refractivity contribution in [1.29, 1.82) is 0 Å². The Kier molecular flexibility index (Phi) is 5.46. The number of anilines is 1. The molecule has 3 rings (SSSR count). The average molecular weight is 394 g/mol. The Labute approximate surface area is 160 Å². The molecule has 27 heavy (non-hydrogen) atoms. The van der Waals surface area contributed by atoms with Crippen molar-refractivity contribution in [3.05, 3.63) is 29.8 Å². The van der Waals surface area contributed by atoms with Crippen LogP contribution in [0.5, 0.6) is 0 Å². The van der Waals surface area contributed by atoms with Gasteiger partial charge in [0.05, 0.1) is 17.4 Å². The fourth-order valence-corrected chi connectivity index (χ4v) is 5.56. The molecule has 2 aliphatic rings. The van der Waals surface area contributed by atoms with Gasteiger partial charge in [0, 0.05) is 52.4 Å². The molecule has 2 amide bonds. The van der Waals surface area contributed by atoms with Crippen molar-refractivity contribution in [1.82, 2.24) is 9.80 Å². The van der Waals surface area contributed by atoms with Crippen molar-refractivity contribution in [3.63, 3.8) is 0 Å². The Morgan fingerprint density at radius 3 is 2.41 bits per heavy atom. The van der Waals surface area contributed by atoms with Crippen molar-refractivity contribution in [2.45, 2.75) is 25.4 Å². The summed E-state index contributed by atoms with van der Waals surface area (Å²) in [4.78, 5) is 30.4. The van der Waals surface area contributed by atoms with Crippen LogP contribution < -0.4 is 4.90 Å². The number of carbonyl (C=O) groups is 2. The largest absolute Gasteiger partial charge is 0.378 e. The Morgan fingerprint density at radius 2 is 1.85 bits per heavy atom. The second-order valence-corrected chi connectivity index (χ2v) is 9.99. The second kappa shape index (κ2) is 7.50. The number of hydrogen-bond donors (Lipinski definition) is 0. The normalized spacial score (nSPS) is 24.3. The van der Waals surface area contributed by atoms with Gasteiger partial charge in [0.25, 0.3) is 0 Å². The zero-order valence-electron chi connectivity index (χ0n) is 16.1. The first-order chi connectivity index (χ1) is 12.7. The van der Waals surface area contributed by atoms with Gasteiger partial charge in [-0.05, 0) is 24.1 Å². The maximum Gasteiger partial charge on any atom is 0.228 e. The molecule has 8 heteroatoms. The molecule has 0 bridgehead atoms. The van der Waals surface area contributed by atoms with Gasteiger partial charge in [-0.2, -0.15) is 0 Å². The zero-order valence-corrected chi connectivity index (χ0v) is 16.9. The summed E-state index contributed by atoms with van der Waals surface area (Å²) in [5.74, 6) is -0.425. The Morgan fingerprint density at radius 1 is 1.19 bits per heavy atom. The average Bonchev–Trinajstić information content (AvgIpc) is 3.16. The lowest BCUT2D eigenvalue weighted by Crippen LogP contribution is -2.39. The lowest BCUT2D eigenvalue weighted by molar-refractivity contribution is -0.135. The summed E-state index contributed by atoms with van der Waals surface area (Å²) in [5, 5.41) is 0. The number of nitrogens with zero attached hydrogens (tertiary/aromatic N) is 3. The summed E-state index contributed by atoms with van der Waals surface area (Å²) < 4.78 is 23.4. The SMILES string of the molecule is CN(Cc1ccc(N(C)C)cc1)C(=O)[C@H]1CC(=O)N([C@@H]2CCS(=O)(=O)C2)C1. The van der Waals surface area contributed by atoms with Crippen molar-refractivity contribution >= 4 is 27.3 Å². The van der Waals surface area contributed by atoms with Crippen LogP contribution in [0.3, 0.4) is 0 Å². The minimum Gasteiger partial charge on any atom is -0.378 e. The summed E-state index contributed by atoms with van der Waals surface area (Å²) >= 11 is 0. The first-order valence-electron chi connectivity index (χ1n) is 9.17. The molecule has 2 atom stereocenters. The van der Waals surface area contributed by atoms with E-state index in [1.165, 1.54) is 0 Å². The molecule has 2 fully saturated rings. The van der Waals surface area contributed by atoms with E-state index in [4.69, 9.17) is 0 Å². The van der Waals surface area contributed by atoms with Gasteiger partial charge in [-0.3, -0.25) is 9.59 Å². The maximum absolute atomic E-state index is 12.8. The predicted octanol–water partition coefficient (Wildman–Crippen LogP) is 0.747. The van der Waals surface area contributed by atoms with Gasteiger partial charge in [-0.1, -0.05) is 12.1 Å².